The molecule has 0 fully saturated rings. The van der Waals surface area contributed by atoms with Gasteiger partial charge in [0.2, 0.25) is 0 Å². The molecule has 3 nitrogen and oxygen atoms in total. The first-order chi connectivity index (χ1) is 5.41. The molecule has 0 aliphatic rings. The summed E-state index contributed by atoms with van der Waals surface area (Å²) in [5.74, 6) is 0. The number of benzene rings is 1. The van der Waals surface area contributed by atoms with Gasteiger partial charge in [-0.1, -0.05) is 36.4 Å². The van der Waals surface area contributed by atoms with Gasteiger partial charge in [0.05, 0.1) is 0 Å². The maximum atomic E-state index is 8.29. The van der Waals surface area contributed by atoms with Gasteiger partial charge in [0.25, 0.3) is 0 Å². The van der Waals surface area contributed by atoms with Crippen LogP contribution in [0.4, 0.5) is 0 Å². The largest absolute Gasteiger partial charge is 1.00 e. The van der Waals surface area contributed by atoms with Crippen LogP contribution < -0.4 is 59.1 Å². The second kappa shape index (κ2) is 29.2. The molecule has 1 aromatic carbocycles. The number of carbonyl (C=O) groups excluding carboxylic acids is 1. The van der Waals surface area contributed by atoms with Crippen molar-refractivity contribution in [1.82, 2.24) is 0 Å². The second-order valence-electron chi connectivity index (χ2n) is 1.22. The zero-order chi connectivity index (χ0) is 8.95. The Hall–Kier alpha value is 1.16. The Morgan fingerprint density at radius 3 is 0.923 bits per heavy atom. The molecule has 0 spiro atoms. The summed E-state index contributed by atoms with van der Waals surface area (Å²) in [5.41, 5.74) is 0. The Labute approximate surface area is 127 Å². The van der Waals surface area contributed by atoms with E-state index in [1.165, 1.54) is 0 Å². The predicted octanol–water partition coefficient (Wildman–Crippen LogP) is -4.51. The number of rotatable bonds is 0. The third kappa shape index (κ3) is 32.0. The van der Waals surface area contributed by atoms with E-state index in [9.17, 15) is 0 Å². The van der Waals surface area contributed by atoms with Gasteiger partial charge in [-0.3, -0.25) is 0 Å². The van der Waals surface area contributed by atoms with Gasteiger partial charge in [0, 0.05) is 0 Å². The fourth-order valence-electron chi connectivity index (χ4n) is 0.385. The standard InChI is InChI=1S/C6H6.CH2O.2Na.H2O2S/c1-2-4-6-5-3-1;1-2;;;1-3-2/h1-6H;1H2;;;1-2H/q;;2*+1;/p-2. The van der Waals surface area contributed by atoms with E-state index in [0.717, 1.165) is 0 Å². The predicted molar refractivity (Wildman–Crippen MR) is 42.7 cm³/mol. The average Bonchev–Trinajstić information content (AvgIpc) is 2.12. The smallest absolute Gasteiger partial charge is 0.811 e. The molecule has 0 aromatic heterocycles. The fourth-order valence-corrected chi connectivity index (χ4v) is 0.385. The number of hydrogen-bond donors (Lipinski definition) is 0. The quantitative estimate of drug-likeness (QED) is 0.325. The fraction of sp³-hybridized carbons (Fsp3) is 0. The van der Waals surface area contributed by atoms with Crippen molar-refractivity contribution < 1.29 is 73.0 Å². The van der Waals surface area contributed by atoms with Gasteiger partial charge in [0.15, 0.2) is 0 Å². The molecule has 0 aliphatic heterocycles. The molecule has 0 bridgehead atoms. The van der Waals surface area contributed by atoms with Gasteiger partial charge in [-0.25, -0.2) is 0 Å². The van der Waals surface area contributed by atoms with E-state index in [2.05, 4.69) is 0 Å². The Bertz CT molecular complexity index is 116. The van der Waals surface area contributed by atoms with E-state index < -0.39 is 12.3 Å². The topological polar surface area (TPSA) is 63.2 Å². The van der Waals surface area contributed by atoms with Crippen LogP contribution in [-0.4, -0.2) is 15.9 Å². The van der Waals surface area contributed by atoms with E-state index in [0.29, 0.717) is 0 Å². The van der Waals surface area contributed by atoms with Gasteiger partial charge in [-0.2, -0.15) is 0 Å². The first kappa shape index (κ1) is 23.8. The van der Waals surface area contributed by atoms with Crippen molar-refractivity contribution >= 4 is 19.1 Å². The maximum absolute atomic E-state index is 8.29. The molecular formula is C7H8Na2O3S. The Kier molecular flexibility index (Phi) is 53.4. The summed E-state index contributed by atoms with van der Waals surface area (Å²) in [6.07, 6.45) is 0. The molecule has 1 rings (SSSR count). The van der Waals surface area contributed by atoms with Gasteiger partial charge >= 0.3 is 59.1 Å². The maximum Gasteiger partial charge on any atom is 1.00 e. The Morgan fingerprint density at radius 2 is 0.846 bits per heavy atom. The zero-order valence-electron chi connectivity index (χ0n) is 7.80. The summed E-state index contributed by atoms with van der Waals surface area (Å²) in [7, 11) is 0. The molecular weight excluding hydrogens is 210 g/mol. The Balaban J connectivity index is -0.0000000517. The van der Waals surface area contributed by atoms with E-state index in [1.807, 2.05) is 43.2 Å². The summed E-state index contributed by atoms with van der Waals surface area (Å²) in [6, 6.07) is 12.0. The first-order valence-corrected chi connectivity index (χ1v) is 3.29. The minimum atomic E-state index is -0.750. The van der Waals surface area contributed by atoms with Crippen LogP contribution >= 0.6 is 12.3 Å². The van der Waals surface area contributed by atoms with E-state index in [1.54, 1.807) is 0 Å². The van der Waals surface area contributed by atoms with Gasteiger partial charge in [-0.05, 0) is 0 Å². The van der Waals surface area contributed by atoms with Crippen molar-refractivity contribution in [3.8, 4) is 0 Å². The van der Waals surface area contributed by atoms with E-state index in [-0.39, 0.29) is 59.1 Å². The van der Waals surface area contributed by atoms with Crippen LogP contribution in [-0.2, 0) is 4.79 Å². The molecule has 0 aliphatic carbocycles. The van der Waals surface area contributed by atoms with Crippen LogP contribution in [0.25, 0.3) is 0 Å². The van der Waals surface area contributed by atoms with Gasteiger partial charge in [-0.15, -0.1) is 0 Å². The summed E-state index contributed by atoms with van der Waals surface area (Å²) in [5, 5.41) is 0. The molecule has 0 unspecified atom stereocenters. The third-order valence-electron chi connectivity index (χ3n) is 0.667. The summed E-state index contributed by atoms with van der Waals surface area (Å²) in [4.78, 5) is 8.00. The van der Waals surface area contributed by atoms with E-state index in [4.69, 9.17) is 13.9 Å². The van der Waals surface area contributed by atoms with Crippen LogP contribution in [0.15, 0.2) is 36.4 Å². The summed E-state index contributed by atoms with van der Waals surface area (Å²) < 4.78 is 16.6. The van der Waals surface area contributed by atoms with Crippen molar-refractivity contribution in [1.29, 1.82) is 0 Å². The number of carbonyl (C=O) groups is 1. The molecule has 0 amide bonds. The SMILES string of the molecule is C=O.[Na+].[Na+].[O-]S[O-].c1ccccc1. The molecule has 0 saturated heterocycles. The summed E-state index contributed by atoms with van der Waals surface area (Å²) in [6.45, 7) is 2.00. The molecule has 62 valence electrons. The van der Waals surface area contributed by atoms with Gasteiger partial charge < -0.3 is 26.2 Å². The normalized spacial score (nSPS) is 5.38. The van der Waals surface area contributed by atoms with Crippen molar-refractivity contribution in [2.24, 2.45) is 0 Å². The van der Waals surface area contributed by atoms with Crippen LogP contribution in [0.3, 0.4) is 0 Å². The van der Waals surface area contributed by atoms with Crippen LogP contribution in [0, 0.1) is 0 Å². The molecule has 0 N–H and O–H groups in total. The molecule has 0 radical (unpaired) electrons. The Morgan fingerprint density at radius 1 is 0.769 bits per heavy atom. The van der Waals surface area contributed by atoms with Gasteiger partial charge in [0.1, 0.15) is 6.79 Å². The van der Waals surface area contributed by atoms with Crippen LogP contribution in [0.5, 0.6) is 0 Å². The molecule has 1 aromatic rings. The zero-order valence-corrected chi connectivity index (χ0v) is 12.6. The molecule has 6 heteroatoms. The molecule has 0 saturated carbocycles. The second-order valence-corrected chi connectivity index (χ2v) is 1.36. The molecule has 0 atom stereocenters. The minimum Gasteiger partial charge on any atom is -0.811 e. The number of hydrogen-bond acceptors (Lipinski definition) is 4. The summed E-state index contributed by atoms with van der Waals surface area (Å²) >= 11 is -0.750. The molecule has 0 heterocycles. The average molecular weight is 218 g/mol. The van der Waals surface area contributed by atoms with E-state index >= 15 is 0 Å². The first-order valence-electron chi connectivity index (χ1n) is 2.62. The van der Waals surface area contributed by atoms with Crippen molar-refractivity contribution in [3.63, 3.8) is 0 Å². The van der Waals surface area contributed by atoms with Crippen LogP contribution in [0.2, 0.25) is 0 Å². The minimum absolute atomic E-state index is 0. The van der Waals surface area contributed by atoms with Crippen molar-refractivity contribution in [3.05, 3.63) is 36.4 Å². The van der Waals surface area contributed by atoms with Crippen LogP contribution in [0.1, 0.15) is 0 Å². The van der Waals surface area contributed by atoms with Crippen molar-refractivity contribution in [2.45, 2.75) is 0 Å². The molecule has 13 heavy (non-hydrogen) atoms. The van der Waals surface area contributed by atoms with Crippen molar-refractivity contribution in [2.75, 3.05) is 0 Å². The monoisotopic (exact) mass is 218 g/mol. The third-order valence-corrected chi connectivity index (χ3v) is 0.667.